The summed E-state index contributed by atoms with van der Waals surface area (Å²) in [6, 6.07) is 0. The summed E-state index contributed by atoms with van der Waals surface area (Å²) >= 11 is 3.21. The number of aromatic nitrogens is 1. The van der Waals surface area contributed by atoms with Crippen LogP contribution in [0.3, 0.4) is 0 Å². The molecule has 0 amide bonds. The number of morpholine rings is 1. The lowest BCUT2D eigenvalue weighted by Gasteiger charge is -2.30. The average molecular weight is 302 g/mol. The van der Waals surface area contributed by atoms with Crippen LogP contribution in [0.15, 0.2) is 21.7 Å². The van der Waals surface area contributed by atoms with Gasteiger partial charge in [0.2, 0.25) is 5.43 Å². The van der Waals surface area contributed by atoms with Gasteiger partial charge < -0.3 is 19.9 Å². The summed E-state index contributed by atoms with van der Waals surface area (Å²) in [6.45, 7) is 3.31. The van der Waals surface area contributed by atoms with Crippen LogP contribution in [0.2, 0.25) is 0 Å². The number of nitrogens with two attached hydrogens (primary N) is 1. The fourth-order valence-electron chi connectivity index (χ4n) is 1.93. The van der Waals surface area contributed by atoms with Crippen molar-refractivity contribution in [1.82, 2.24) is 9.47 Å². The second-order valence-electron chi connectivity index (χ2n) is 4.34. The number of rotatable bonds is 2. The molecular formula is C11H16BrN3O2. The van der Waals surface area contributed by atoms with Gasteiger partial charge in [-0.3, -0.25) is 4.79 Å². The van der Waals surface area contributed by atoms with E-state index in [1.807, 2.05) is 4.57 Å². The number of halogens is 1. The van der Waals surface area contributed by atoms with E-state index in [0.29, 0.717) is 11.0 Å². The van der Waals surface area contributed by atoms with Gasteiger partial charge in [0, 0.05) is 32.0 Å². The lowest BCUT2D eigenvalue weighted by Crippen LogP contribution is -2.42. The molecule has 1 saturated heterocycles. The zero-order valence-electron chi connectivity index (χ0n) is 9.73. The van der Waals surface area contributed by atoms with E-state index in [-0.39, 0.29) is 17.2 Å². The number of ether oxygens (including phenoxy) is 1. The number of hydrogen-bond acceptors (Lipinski definition) is 4. The summed E-state index contributed by atoms with van der Waals surface area (Å²) in [5.74, 6) is 0. The zero-order valence-corrected chi connectivity index (χ0v) is 11.3. The minimum absolute atomic E-state index is 0.141. The van der Waals surface area contributed by atoms with Gasteiger partial charge in [-0.05, 0) is 23.0 Å². The Bertz CT molecular complexity index is 434. The molecule has 0 aromatic carbocycles. The smallest absolute Gasteiger partial charge is 0.218 e. The van der Waals surface area contributed by atoms with Crippen molar-refractivity contribution in [2.75, 3.05) is 32.5 Å². The van der Waals surface area contributed by atoms with Crippen LogP contribution in [0.4, 0.5) is 5.69 Å². The molecule has 1 fully saturated rings. The molecule has 5 nitrogen and oxygen atoms in total. The van der Waals surface area contributed by atoms with E-state index in [4.69, 9.17) is 10.5 Å². The van der Waals surface area contributed by atoms with Crippen molar-refractivity contribution in [3.8, 4) is 0 Å². The maximum Gasteiger partial charge on any atom is 0.218 e. The van der Waals surface area contributed by atoms with E-state index in [2.05, 4.69) is 27.9 Å². The molecule has 1 aliphatic heterocycles. The first-order valence-electron chi connectivity index (χ1n) is 5.51. The molecule has 6 heteroatoms. The molecule has 0 bridgehead atoms. The van der Waals surface area contributed by atoms with E-state index in [1.54, 1.807) is 12.4 Å². The maximum absolute atomic E-state index is 11.4. The molecule has 1 aliphatic rings. The molecule has 2 heterocycles. The minimum Gasteiger partial charge on any atom is -0.394 e. The van der Waals surface area contributed by atoms with Crippen molar-refractivity contribution >= 4 is 21.6 Å². The van der Waals surface area contributed by atoms with Crippen molar-refractivity contribution in [2.45, 2.75) is 12.6 Å². The fraction of sp³-hybridized carbons (Fsp3) is 0.545. The van der Waals surface area contributed by atoms with Crippen LogP contribution in [0.5, 0.6) is 0 Å². The molecule has 0 saturated carbocycles. The zero-order chi connectivity index (χ0) is 12.4. The number of nitrogen functional groups attached to an aromatic ring is 1. The predicted molar refractivity (Wildman–Crippen MR) is 70.1 cm³/mol. The molecule has 17 heavy (non-hydrogen) atoms. The second-order valence-corrected chi connectivity index (χ2v) is 5.20. The standard InChI is InChI=1S/C11H16BrN3O2/c1-14-2-3-17-8(4-14)5-15-6-9(12)11(16)10(13)7-15/h6-8H,2-5,13H2,1H3. The molecule has 0 spiro atoms. The van der Waals surface area contributed by atoms with Crippen LogP contribution in [-0.4, -0.2) is 42.3 Å². The second kappa shape index (κ2) is 5.20. The SMILES string of the molecule is CN1CCOC(Cn2cc(N)c(=O)c(Br)c2)C1. The number of pyridine rings is 1. The van der Waals surface area contributed by atoms with E-state index >= 15 is 0 Å². The third kappa shape index (κ3) is 3.08. The Labute approximate surface area is 108 Å². The normalized spacial score (nSPS) is 21.6. The Morgan fingerprint density at radius 3 is 3.00 bits per heavy atom. The summed E-state index contributed by atoms with van der Waals surface area (Å²) in [4.78, 5) is 13.7. The van der Waals surface area contributed by atoms with Gasteiger partial charge >= 0.3 is 0 Å². The third-order valence-corrected chi connectivity index (χ3v) is 3.38. The Morgan fingerprint density at radius 2 is 2.35 bits per heavy atom. The van der Waals surface area contributed by atoms with E-state index in [0.717, 1.165) is 19.7 Å². The van der Waals surface area contributed by atoms with Crippen molar-refractivity contribution in [2.24, 2.45) is 0 Å². The van der Waals surface area contributed by atoms with Crippen LogP contribution >= 0.6 is 15.9 Å². The highest BCUT2D eigenvalue weighted by Crippen LogP contribution is 2.10. The molecule has 1 aromatic rings. The Morgan fingerprint density at radius 1 is 1.59 bits per heavy atom. The van der Waals surface area contributed by atoms with Crippen LogP contribution < -0.4 is 11.2 Å². The Kier molecular flexibility index (Phi) is 3.86. The quantitative estimate of drug-likeness (QED) is 0.865. The third-order valence-electron chi connectivity index (χ3n) is 2.82. The fourth-order valence-corrected chi connectivity index (χ4v) is 2.43. The molecule has 1 atom stereocenters. The Hall–Kier alpha value is -0.850. The van der Waals surface area contributed by atoms with E-state index in [1.165, 1.54) is 0 Å². The van der Waals surface area contributed by atoms with E-state index in [9.17, 15) is 4.79 Å². The summed E-state index contributed by atoms with van der Waals surface area (Å²) in [7, 11) is 2.07. The molecular weight excluding hydrogens is 286 g/mol. The van der Waals surface area contributed by atoms with Gasteiger partial charge in [0.05, 0.1) is 22.9 Å². The van der Waals surface area contributed by atoms with E-state index < -0.39 is 0 Å². The average Bonchev–Trinajstić information content (AvgIpc) is 2.26. The first-order valence-corrected chi connectivity index (χ1v) is 6.31. The van der Waals surface area contributed by atoms with Crippen molar-refractivity contribution in [1.29, 1.82) is 0 Å². The minimum atomic E-state index is -0.164. The van der Waals surface area contributed by atoms with Crippen LogP contribution in [-0.2, 0) is 11.3 Å². The summed E-state index contributed by atoms with van der Waals surface area (Å²) < 4.78 is 8.05. The number of hydrogen-bond donors (Lipinski definition) is 1. The first-order chi connectivity index (χ1) is 8.06. The van der Waals surface area contributed by atoms with Gasteiger partial charge in [-0.1, -0.05) is 0 Å². The monoisotopic (exact) mass is 301 g/mol. The number of nitrogens with zero attached hydrogens (tertiary/aromatic N) is 2. The van der Waals surface area contributed by atoms with Gasteiger partial charge in [-0.25, -0.2) is 0 Å². The van der Waals surface area contributed by atoms with Gasteiger partial charge in [-0.2, -0.15) is 0 Å². The first kappa shape index (κ1) is 12.6. The largest absolute Gasteiger partial charge is 0.394 e. The lowest BCUT2D eigenvalue weighted by molar-refractivity contribution is -0.0275. The highest BCUT2D eigenvalue weighted by atomic mass is 79.9. The molecule has 1 unspecified atom stereocenters. The lowest BCUT2D eigenvalue weighted by atomic mass is 10.2. The molecule has 2 N–H and O–H groups in total. The predicted octanol–water partition coefficient (Wildman–Crippen LogP) is 0.524. The van der Waals surface area contributed by atoms with Gasteiger partial charge in [0.1, 0.15) is 0 Å². The van der Waals surface area contributed by atoms with Crippen molar-refractivity contribution in [3.63, 3.8) is 0 Å². The summed E-state index contributed by atoms with van der Waals surface area (Å²) in [5, 5.41) is 0. The highest BCUT2D eigenvalue weighted by molar-refractivity contribution is 9.10. The summed E-state index contributed by atoms with van der Waals surface area (Å²) in [6.07, 6.45) is 3.55. The molecule has 0 aliphatic carbocycles. The topological polar surface area (TPSA) is 60.5 Å². The van der Waals surface area contributed by atoms with Crippen LogP contribution in [0.25, 0.3) is 0 Å². The van der Waals surface area contributed by atoms with Crippen molar-refractivity contribution < 1.29 is 4.74 Å². The number of anilines is 1. The molecule has 2 rings (SSSR count). The van der Waals surface area contributed by atoms with Gasteiger partial charge in [0.25, 0.3) is 0 Å². The molecule has 94 valence electrons. The maximum atomic E-state index is 11.4. The molecule has 0 radical (unpaired) electrons. The molecule has 1 aromatic heterocycles. The summed E-state index contributed by atoms with van der Waals surface area (Å²) in [5.41, 5.74) is 5.73. The van der Waals surface area contributed by atoms with Gasteiger partial charge in [0.15, 0.2) is 0 Å². The Balaban J connectivity index is 2.10. The highest BCUT2D eigenvalue weighted by Gasteiger charge is 2.18. The van der Waals surface area contributed by atoms with Crippen LogP contribution in [0, 0.1) is 0 Å². The van der Waals surface area contributed by atoms with Crippen LogP contribution in [0.1, 0.15) is 0 Å². The number of likely N-dealkylation sites (N-methyl/N-ethyl adjacent to an activating group) is 1. The van der Waals surface area contributed by atoms with Crippen molar-refractivity contribution in [3.05, 3.63) is 27.1 Å². The van der Waals surface area contributed by atoms with Gasteiger partial charge in [-0.15, -0.1) is 0 Å².